The molecule has 0 aromatic rings. The second kappa shape index (κ2) is 2.86. The van der Waals surface area contributed by atoms with Crippen LogP contribution in [0.2, 0.25) is 0 Å². The topological polar surface area (TPSA) is 24.7 Å². The van der Waals surface area contributed by atoms with E-state index in [4.69, 9.17) is 10.2 Å². The minimum absolute atomic E-state index is 0.676. The Labute approximate surface area is 109 Å². The number of fused-ring (bicyclic) bond motifs is 4. The summed E-state index contributed by atoms with van der Waals surface area (Å²) in [4.78, 5) is 0. The van der Waals surface area contributed by atoms with E-state index in [0.29, 0.717) is 12.1 Å². The first kappa shape index (κ1) is 9.50. The van der Waals surface area contributed by atoms with Gasteiger partial charge in [-0.25, -0.2) is 0 Å². The van der Waals surface area contributed by atoms with E-state index >= 15 is 0 Å². The van der Waals surface area contributed by atoms with Crippen LogP contribution in [0.15, 0.2) is 10.2 Å². The van der Waals surface area contributed by atoms with E-state index in [1.165, 1.54) is 25.7 Å². The Morgan fingerprint density at radius 1 is 0.500 bits per heavy atom. The first-order chi connectivity index (χ1) is 8.92. The minimum atomic E-state index is 0.676. The molecule has 0 amide bonds. The van der Waals surface area contributed by atoms with Crippen LogP contribution < -0.4 is 0 Å². The molecule has 6 bridgehead atoms. The summed E-state index contributed by atoms with van der Waals surface area (Å²) in [5.41, 5.74) is 0. The van der Waals surface area contributed by atoms with Gasteiger partial charge in [0, 0.05) is 0 Å². The van der Waals surface area contributed by atoms with Gasteiger partial charge >= 0.3 is 0 Å². The Bertz CT molecular complexity index is 372. The third-order valence-electron chi connectivity index (χ3n) is 8.00. The maximum atomic E-state index is 4.85. The highest BCUT2D eigenvalue weighted by Crippen LogP contribution is 2.69. The third kappa shape index (κ3) is 0.849. The predicted octanol–water partition coefficient (Wildman–Crippen LogP) is 3.53. The fourth-order valence-electron chi connectivity index (χ4n) is 7.76. The zero-order valence-corrected chi connectivity index (χ0v) is 10.9. The van der Waals surface area contributed by atoms with Gasteiger partial charge in [-0.3, -0.25) is 0 Å². The van der Waals surface area contributed by atoms with E-state index < -0.39 is 0 Å². The molecule has 7 rings (SSSR count). The largest absolute Gasteiger partial charge is 0.190 e. The van der Waals surface area contributed by atoms with E-state index in [2.05, 4.69) is 0 Å². The zero-order chi connectivity index (χ0) is 11.4. The van der Waals surface area contributed by atoms with Crippen molar-refractivity contribution in [2.24, 2.45) is 57.6 Å². The average Bonchev–Trinajstić information content (AvgIpc) is 3.19. The van der Waals surface area contributed by atoms with E-state index in [9.17, 15) is 0 Å². The van der Waals surface area contributed by atoms with Crippen molar-refractivity contribution in [3.63, 3.8) is 0 Å². The van der Waals surface area contributed by atoms with Crippen molar-refractivity contribution in [1.29, 1.82) is 0 Å². The van der Waals surface area contributed by atoms with Crippen LogP contribution in [0, 0.1) is 47.3 Å². The van der Waals surface area contributed by atoms with E-state index in [1.54, 1.807) is 12.8 Å². The van der Waals surface area contributed by atoms with Gasteiger partial charge in [0.15, 0.2) is 0 Å². The van der Waals surface area contributed by atoms with Crippen LogP contribution >= 0.6 is 0 Å². The molecular formula is C16H22N2. The van der Waals surface area contributed by atoms with Gasteiger partial charge in [0.1, 0.15) is 0 Å². The predicted molar refractivity (Wildman–Crippen MR) is 68.1 cm³/mol. The van der Waals surface area contributed by atoms with Gasteiger partial charge in [-0.05, 0) is 85.9 Å². The van der Waals surface area contributed by atoms with E-state index in [-0.39, 0.29) is 0 Å². The summed E-state index contributed by atoms with van der Waals surface area (Å²) < 4.78 is 0. The standard InChI is InChI=1S/C16H22N2/c1-2-8-5-7(1)11-12(8)16-14-10-4-3-9(6-10)13(14)15(11)17-18-16/h7-16H,1-6H2/t7-,8-,9-,10-,11-,12-,13-,14+,15?,16?/m0/s1. The molecule has 0 spiro atoms. The Morgan fingerprint density at radius 2 is 0.833 bits per heavy atom. The Balaban J connectivity index is 1.51. The molecule has 7 aliphatic rings. The van der Waals surface area contributed by atoms with Crippen LogP contribution in [0.25, 0.3) is 0 Å². The lowest BCUT2D eigenvalue weighted by molar-refractivity contribution is -0.0297. The van der Waals surface area contributed by atoms with Crippen molar-refractivity contribution in [2.45, 2.75) is 50.6 Å². The summed E-state index contributed by atoms with van der Waals surface area (Å²) in [5, 5.41) is 9.69. The molecular weight excluding hydrogens is 220 g/mol. The fourth-order valence-corrected chi connectivity index (χ4v) is 7.76. The normalized spacial score (nSPS) is 69.8. The second-order valence-electron chi connectivity index (χ2n) is 8.19. The molecule has 2 nitrogen and oxygen atoms in total. The van der Waals surface area contributed by atoms with Gasteiger partial charge in [-0.15, -0.1) is 0 Å². The summed E-state index contributed by atoms with van der Waals surface area (Å²) in [6.07, 6.45) is 9.18. The van der Waals surface area contributed by atoms with Crippen molar-refractivity contribution in [3.8, 4) is 0 Å². The Morgan fingerprint density at radius 3 is 1.17 bits per heavy atom. The van der Waals surface area contributed by atoms with E-state index in [1.807, 2.05) is 0 Å². The van der Waals surface area contributed by atoms with Gasteiger partial charge in [-0.1, -0.05) is 0 Å². The Hall–Kier alpha value is -0.400. The zero-order valence-electron chi connectivity index (χ0n) is 10.9. The highest BCUT2D eigenvalue weighted by Gasteiger charge is 2.67. The molecule has 2 heterocycles. The number of rotatable bonds is 0. The number of azo groups is 1. The van der Waals surface area contributed by atoms with Gasteiger partial charge in [0.2, 0.25) is 0 Å². The molecule has 5 fully saturated rings. The second-order valence-corrected chi connectivity index (χ2v) is 8.19. The molecule has 10 atom stereocenters. The highest BCUT2D eigenvalue weighted by molar-refractivity contribution is 5.19. The van der Waals surface area contributed by atoms with Crippen LogP contribution in [0.5, 0.6) is 0 Å². The minimum Gasteiger partial charge on any atom is -0.190 e. The van der Waals surface area contributed by atoms with E-state index in [0.717, 1.165) is 47.3 Å². The summed E-state index contributed by atoms with van der Waals surface area (Å²) in [5.74, 6) is 8.11. The van der Waals surface area contributed by atoms with Crippen molar-refractivity contribution >= 4 is 0 Å². The molecule has 0 N–H and O–H groups in total. The van der Waals surface area contributed by atoms with Crippen LogP contribution in [0.4, 0.5) is 0 Å². The summed E-state index contributed by atoms with van der Waals surface area (Å²) >= 11 is 0. The Kier molecular flexibility index (Phi) is 1.51. The first-order valence-electron chi connectivity index (χ1n) is 8.32. The van der Waals surface area contributed by atoms with Crippen molar-refractivity contribution < 1.29 is 0 Å². The van der Waals surface area contributed by atoms with Gasteiger partial charge < -0.3 is 0 Å². The smallest absolute Gasteiger partial charge is 0.0776 e. The van der Waals surface area contributed by atoms with Crippen LogP contribution in [-0.2, 0) is 0 Å². The van der Waals surface area contributed by atoms with Crippen LogP contribution in [0.3, 0.4) is 0 Å². The molecule has 2 heteroatoms. The molecule has 0 radical (unpaired) electrons. The van der Waals surface area contributed by atoms with Gasteiger partial charge in [0.25, 0.3) is 0 Å². The van der Waals surface area contributed by atoms with Gasteiger partial charge in [-0.2, -0.15) is 10.2 Å². The molecule has 0 saturated heterocycles. The molecule has 5 aliphatic carbocycles. The van der Waals surface area contributed by atoms with Crippen LogP contribution in [0.1, 0.15) is 38.5 Å². The van der Waals surface area contributed by atoms with Crippen LogP contribution in [-0.4, -0.2) is 12.1 Å². The molecule has 0 aromatic heterocycles. The molecule has 0 aromatic carbocycles. The fraction of sp³-hybridized carbons (Fsp3) is 1.00. The lowest BCUT2D eigenvalue weighted by Crippen LogP contribution is -2.57. The molecule has 5 saturated carbocycles. The SMILES string of the molecule is C1C[C@H]2C[C@H]1[C@H]1C3N=NC([C@@H]21)[C@H]1[C@H]2CC[C@@H](C2)[C@H]31. The molecule has 2 aliphatic heterocycles. The quantitative estimate of drug-likeness (QED) is 0.621. The molecule has 2 unspecified atom stereocenters. The monoisotopic (exact) mass is 242 g/mol. The summed E-state index contributed by atoms with van der Waals surface area (Å²) in [6.45, 7) is 0. The number of hydrogen-bond donors (Lipinski definition) is 0. The average molecular weight is 242 g/mol. The first-order valence-corrected chi connectivity index (χ1v) is 8.32. The van der Waals surface area contributed by atoms with Gasteiger partial charge in [0.05, 0.1) is 12.1 Å². The maximum absolute atomic E-state index is 4.85. The maximum Gasteiger partial charge on any atom is 0.0776 e. The number of nitrogens with zero attached hydrogens (tertiary/aromatic N) is 2. The lowest BCUT2D eigenvalue weighted by atomic mass is 9.54. The van der Waals surface area contributed by atoms with Crippen molar-refractivity contribution in [1.82, 2.24) is 0 Å². The van der Waals surface area contributed by atoms with Crippen molar-refractivity contribution in [3.05, 3.63) is 0 Å². The van der Waals surface area contributed by atoms with Crippen molar-refractivity contribution in [2.75, 3.05) is 0 Å². The summed E-state index contributed by atoms with van der Waals surface area (Å²) in [6, 6.07) is 1.35. The lowest BCUT2D eigenvalue weighted by Gasteiger charge is -2.54. The highest BCUT2D eigenvalue weighted by atomic mass is 15.2. The third-order valence-corrected chi connectivity index (χ3v) is 8.00. The molecule has 18 heavy (non-hydrogen) atoms. The number of hydrogen-bond acceptors (Lipinski definition) is 2. The molecule has 96 valence electrons. The summed E-state index contributed by atoms with van der Waals surface area (Å²) in [7, 11) is 0.